The van der Waals surface area contributed by atoms with Gasteiger partial charge in [0.25, 0.3) is 0 Å². The highest BCUT2D eigenvalue weighted by Crippen LogP contribution is 2.30. The average Bonchev–Trinajstić information content (AvgIpc) is 3.29. The van der Waals surface area contributed by atoms with E-state index in [0.29, 0.717) is 36.6 Å². The van der Waals surface area contributed by atoms with Crippen LogP contribution in [0.1, 0.15) is 43.8 Å². The number of hydrogen-bond donors (Lipinski definition) is 0. The van der Waals surface area contributed by atoms with Crippen molar-refractivity contribution in [2.45, 2.75) is 52.3 Å². The lowest BCUT2D eigenvalue weighted by atomic mass is 10.1. The summed E-state index contributed by atoms with van der Waals surface area (Å²) in [5.41, 5.74) is 0.943. The second-order valence-corrected chi connectivity index (χ2v) is 8.21. The molecule has 1 heterocycles. The second-order valence-electron chi connectivity index (χ2n) is 6.83. The lowest BCUT2D eigenvalue weighted by Crippen LogP contribution is -2.33. The van der Waals surface area contributed by atoms with Crippen LogP contribution in [0.15, 0.2) is 29.6 Å². The van der Waals surface area contributed by atoms with Crippen LogP contribution in [0.2, 0.25) is 5.02 Å². The summed E-state index contributed by atoms with van der Waals surface area (Å²) in [4.78, 5) is 19.1. The zero-order valence-electron chi connectivity index (χ0n) is 14.6. The molecule has 6 heteroatoms. The summed E-state index contributed by atoms with van der Waals surface area (Å²) in [6.07, 6.45) is 2.82. The molecule has 0 atom stereocenters. The molecule has 2 aromatic rings. The first kappa shape index (κ1) is 18.2. The van der Waals surface area contributed by atoms with E-state index in [9.17, 15) is 4.79 Å². The number of carbonyl (C=O) groups is 1. The molecule has 1 fully saturated rings. The molecule has 3 rings (SSSR count). The maximum atomic E-state index is 12.5. The summed E-state index contributed by atoms with van der Waals surface area (Å²) in [5.74, 6) is 1.35. The SMILES string of the molecule is CC(C)CC(=O)N(Cc1csc(COc2cccc(Cl)c2)n1)C1CC1. The highest BCUT2D eigenvalue weighted by molar-refractivity contribution is 7.09. The number of ether oxygens (including phenoxy) is 1. The summed E-state index contributed by atoms with van der Waals surface area (Å²) in [6.45, 7) is 5.17. The zero-order chi connectivity index (χ0) is 17.8. The van der Waals surface area contributed by atoms with E-state index in [0.717, 1.165) is 29.3 Å². The minimum Gasteiger partial charge on any atom is -0.486 e. The third kappa shape index (κ3) is 5.44. The maximum Gasteiger partial charge on any atom is 0.223 e. The number of hydrogen-bond acceptors (Lipinski definition) is 4. The van der Waals surface area contributed by atoms with Crippen molar-refractivity contribution in [2.24, 2.45) is 5.92 Å². The summed E-state index contributed by atoms with van der Waals surface area (Å²) < 4.78 is 5.73. The van der Waals surface area contributed by atoms with Crippen molar-refractivity contribution >= 4 is 28.8 Å². The summed E-state index contributed by atoms with van der Waals surface area (Å²) >= 11 is 7.52. The van der Waals surface area contributed by atoms with Gasteiger partial charge in [-0.1, -0.05) is 31.5 Å². The fourth-order valence-corrected chi connectivity index (χ4v) is 3.51. The van der Waals surface area contributed by atoms with Gasteiger partial charge in [0.15, 0.2) is 0 Å². The first-order valence-electron chi connectivity index (χ1n) is 8.62. The van der Waals surface area contributed by atoms with Crippen LogP contribution in [0.25, 0.3) is 0 Å². The normalized spacial score (nSPS) is 13.9. The van der Waals surface area contributed by atoms with Crippen LogP contribution in [0.4, 0.5) is 0 Å². The minimum atomic E-state index is 0.238. The van der Waals surface area contributed by atoms with Gasteiger partial charge in [0.05, 0.1) is 12.2 Å². The Morgan fingerprint density at radius 1 is 1.44 bits per heavy atom. The maximum absolute atomic E-state index is 12.5. The van der Waals surface area contributed by atoms with Gasteiger partial charge in [-0.3, -0.25) is 4.79 Å². The van der Waals surface area contributed by atoms with E-state index in [4.69, 9.17) is 16.3 Å². The summed E-state index contributed by atoms with van der Waals surface area (Å²) in [7, 11) is 0. The standard InChI is InChI=1S/C19H23ClN2O2S/c1-13(2)8-19(23)22(16-6-7-16)10-15-12-25-18(21-15)11-24-17-5-3-4-14(20)9-17/h3-5,9,12-13,16H,6-8,10-11H2,1-2H3. The molecular weight excluding hydrogens is 356 g/mol. The lowest BCUT2D eigenvalue weighted by Gasteiger charge is -2.22. The largest absolute Gasteiger partial charge is 0.486 e. The Labute approximate surface area is 157 Å². The van der Waals surface area contributed by atoms with Gasteiger partial charge in [-0.05, 0) is 37.0 Å². The Balaban J connectivity index is 1.57. The van der Waals surface area contributed by atoms with Crippen molar-refractivity contribution < 1.29 is 9.53 Å². The summed E-state index contributed by atoms with van der Waals surface area (Å²) in [6, 6.07) is 7.74. The van der Waals surface area contributed by atoms with Crippen molar-refractivity contribution in [2.75, 3.05) is 0 Å². The van der Waals surface area contributed by atoms with Crippen LogP contribution < -0.4 is 4.74 Å². The molecule has 0 radical (unpaired) electrons. The van der Waals surface area contributed by atoms with Gasteiger partial charge in [-0.2, -0.15) is 0 Å². The smallest absolute Gasteiger partial charge is 0.223 e. The highest BCUT2D eigenvalue weighted by atomic mass is 35.5. The number of rotatable bonds is 8. The summed E-state index contributed by atoms with van der Waals surface area (Å²) in [5, 5.41) is 3.58. The molecule has 1 aromatic carbocycles. The number of carbonyl (C=O) groups excluding carboxylic acids is 1. The molecule has 0 bridgehead atoms. The Morgan fingerprint density at radius 2 is 2.24 bits per heavy atom. The van der Waals surface area contributed by atoms with E-state index in [1.54, 1.807) is 17.4 Å². The molecule has 134 valence electrons. The van der Waals surface area contributed by atoms with E-state index >= 15 is 0 Å². The number of aromatic nitrogens is 1. The Kier molecular flexibility index (Phi) is 5.97. The fourth-order valence-electron chi connectivity index (χ4n) is 2.64. The van der Waals surface area contributed by atoms with E-state index in [1.807, 2.05) is 28.5 Å². The monoisotopic (exact) mass is 378 g/mol. The zero-order valence-corrected chi connectivity index (χ0v) is 16.1. The predicted molar refractivity (Wildman–Crippen MR) is 101 cm³/mol. The van der Waals surface area contributed by atoms with E-state index in [1.165, 1.54) is 0 Å². The number of nitrogens with zero attached hydrogens (tertiary/aromatic N) is 2. The van der Waals surface area contributed by atoms with Gasteiger partial charge >= 0.3 is 0 Å². The molecule has 1 amide bonds. The molecule has 0 N–H and O–H groups in total. The van der Waals surface area contributed by atoms with Gasteiger partial charge < -0.3 is 9.64 Å². The fraction of sp³-hybridized carbons (Fsp3) is 0.474. The molecular formula is C19H23ClN2O2S. The minimum absolute atomic E-state index is 0.238. The quantitative estimate of drug-likeness (QED) is 0.655. The Morgan fingerprint density at radius 3 is 2.92 bits per heavy atom. The lowest BCUT2D eigenvalue weighted by molar-refractivity contribution is -0.133. The molecule has 1 aliphatic rings. The third-order valence-electron chi connectivity index (χ3n) is 3.98. The van der Waals surface area contributed by atoms with E-state index < -0.39 is 0 Å². The molecule has 4 nitrogen and oxygen atoms in total. The number of thiazole rings is 1. The van der Waals surface area contributed by atoms with E-state index in [-0.39, 0.29) is 5.91 Å². The van der Waals surface area contributed by atoms with Crippen LogP contribution in [-0.4, -0.2) is 21.8 Å². The topological polar surface area (TPSA) is 42.4 Å². The Hall–Kier alpha value is -1.59. The van der Waals surface area contributed by atoms with Gasteiger partial charge in [0, 0.05) is 22.9 Å². The van der Waals surface area contributed by atoms with Crippen molar-refractivity contribution in [3.05, 3.63) is 45.4 Å². The van der Waals surface area contributed by atoms with Crippen molar-refractivity contribution in [1.29, 1.82) is 0 Å². The van der Waals surface area contributed by atoms with Crippen LogP contribution in [0, 0.1) is 5.92 Å². The van der Waals surface area contributed by atoms with Gasteiger partial charge in [0.2, 0.25) is 5.91 Å². The van der Waals surface area contributed by atoms with Gasteiger partial charge in [-0.15, -0.1) is 11.3 Å². The van der Waals surface area contributed by atoms with Crippen molar-refractivity contribution in [3.63, 3.8) is 0 Å². The number of amides is 1. The van der Waals surface area contributed by atoms with Crippen LogP contribution in [-0.2, 0) is 17.9 Å². The molecule has 0 saturated heterocycles. The first-order chi connectivity index (χ1) is 12.0. The van der Waals surface area contributed by atoms with Crippen LogP contribution in [0.3, 0.4) is 0 Å². The highest BCUT2D eigenvalue weighted by Gasteiger charge is 2.33. The average molecular weight is 379 g/mol. The number of benzene rings is 1. The molecule has 1 aromatic heterocycles. The second kappa shape index (κ2) is 8.19. The molecule has 25 heavy (non-hydrogen) atoms. The molecule has 1 saturated carbocycles. The third-order valence-corrected chi connectivity index (χ3v) is 5.09. The first-order valence-corrected chi connectivity index (χ1v) is 9.88. The van der Waals surface area contributed by atoms with Crippen LogP contribution in [0.5, 0.6) is 5.75 Å². The number of halogens is 1. The van der Waals surface area contributed by atoms with E-state index in [2.05, 4.69) is 18.8 Å². The van der Waals surface area contributed by atoms with Crippen molar-refractivity contribution in [1.82, 2.24) is 9.88 Å². The van der Waals surface area contributed by atoms with Gasteiger partial charge in [-0.25, -0.2) is 4.98 Å². The molecule has 0 unspecified atom stereocenters. The predicted octanol–water partition coefficient (Wildman–Crippen LogP) is 4.91. The molecule has 0 spiro atoms. The van der Waals surface area contributed by atoms with Crippen molar-refractivity contribution in [3.8, 4) is 5.75 Å². The molecule has 0 aliphatic heterocycles. The molecule has 1 aliphatic carbocycles. The van der Waals surface area contributed by atoms with Gasteiger partial charge in [0.1, 0.15) is 17.4 Å². The van der Waals surface area contributed by atoms with Crippen LogP contribution >= 0.6 is 22.9 Å². The Bertz CT molecular complexity index is 728.